The van der Waals surface area contributed by atoms with Gasteiger partial charge in [-0.15, -0.1) is 0 Å². The molecule has 5 heteroatoms. The maximum atomic E-state index is 13.0. The summed E-state index contributed by atoms with van der Waals surface area (Å²) in [6, 6.07) is 13.9. The highest BCUT2D eigenvalue weighted by molar-refractivity contribution is 5.97. The lowest BCUT2D eigenvalue weighted by atomic mass is 10.0. The summed E-state index contributed by atoms with van der Waals surface area (Å²) in [7, 11) is 0. The molecule has 0 fully saturated rings. The van der Waals surface area contributed by atoms with Gasteiger partial charge >= 0.3 is 0 Å². The molecule has 2 aromatic rings. The largest absolute Gasteiger partial charge is 0.373 e. The summed E-state index contributed by atoms with van der Waals surface area (Å²) in [6.45, 7) is 2.55. The van der Waals surface area contributed by atoms with E-state index in [0.717, 1.165) is 42.1 Å². The zero-order valence-corrected chi connectivity index (χ0v) is 16.5. The van der Waals surface area contributed by atoms with E-state index in [1.807, 2.05) is 60.6 Å². The second kappa shape index (κ2) is 9.93. The molecule has 1 amide bonds. The van der Waals surface area contributed by atoms with Crippen LogP contribution < -0.4 is 10.6 Å². The minimum absolute atomic E-state index is 0.00765. The van der Waals surface area contributed by atoms with E-state index in [9.17, 15) is 9.59 Å². The molecule has 0 saturated carbocycles. The number of nitrogens with zero attached hydrogens (tertiary/aromatic N) is 1. The Kier molecular flexibility index (Phi) is 7.06. The van der Waals surface area contributed by atoms with Gasteiger partial charge in [0.05, 0.1) is 6.67 Å². The minimum Gasteiger partial charge on any atom is -0.373 e. The zero-order chi connectivity index (χ0) is 19.8. The van der Waals surface area contributed by atoms with Crippen molar-refractivity contribution in [2.75, 3.05) is 12.0 Å². The molecule has 1 heterocycles. The lowest BCUT2D eigenvalue weighted by Crippen LogP contribution is -2.41. The number of rotatable bonds is 10. The topological polar surface area (TPSA) is 61.4 Å². The van der Waals surface area contributed by atoms with Gasteiger partial charge in [-0.2, -0.15) is 0 Å². The number of carbonyl (C=O) groups is 2. The molecule has 1 aliphatic rings. The number of anilines is 1. The third-order valence-corrected chi connectivity index (χ3v) is 5.21. The molecule has 0 aromatic heterocycles. The summed E-state index contributed by atoms with van der Waals surface area (Å²) in [5.41, 5.74) is 0.818. The minimum atomic E-state index is -0.223. The van der Waals surface area contributed by atoms with E-state index in [0.29, 0.717) is 25.3 Å². The van der Waals surface area contributed by atoms with Gasteiger partial charge in [0, 0.05) is 30.9 Å². The molecule has 3 rings (SSSR count). The van der Waals surface area contributed by atoms with Crippen molar-refractivity contribution in [2.24, 2.45) is 0 Å². The van der Waals surface area contributed by atoms with Crippen LogP contribution in [0.15, 0.2) is 54.9 Å². The Hall–Kier alpha value is -2.82. The number of Topliss-reactive ketones (excluding diaryl/α,β-unsaturated/α-hetero) is 1. The Morgan fingerprint density at radius 2 is 1.93 bits per heavy atom. The molecule has 0 saturated heterocycles. The van der Waals surface area contributed by atoms with Crippen LogP contribution in [0.25, 0.3) is 10.8 Å². The smallest absolute Gasteiger partial charge is 0.247 e. The van der Waals surface area contributed by atoms with Gasteiger partial charge in [0.15, 0.2) is 0 Å². The van der Waals surface area contributed by atoms with Gasteiger partial charge in [-0.25, -0.2) is 0 Å². The van der Waals surface area contributed by atoms with Gasteiger partial charge in [-0.3, -0.25) is 9.59 Å². The number of unbranched alkanes of at least 4 members (excludes halogenated alkanes) is 2. The Labute approximate surface area is 166 Å². The van der Waals surface area contributed by atoms with Crippen molar-refractivity contribution in [3.8, 4) is 0 Å². The SMILES string of the molecule is CCC(=O)CCCCC[C@@H](C(=O)Nc1ccc2ccccc2c1)N1C=CNC1. The number of hydrogen-bond acceptors (Lipinski definition) is 4. The fraction of sp³-hybridized carbons (Fsp3) is 0.391. The molecule has 1 aliphatic heterocycles. The summed E-state index contributed by atoms with van der Waals surface area (Å²) in [4.78, 5) is 26.5. The number of benzene rings is 2. The van der Waals surface area contributed by atoms with Crippen LogP contribution in [-0.4, -0.2) is 29.3 Å². The Bertz CT molecular complexity index is 847. The van der Waals surface area contributed by atoms with E-state index in [1.165, 1.54) is 0 Å². The monoisotopic (exact) mass is 379 g/mol. The summed E-state index contributed by atoms with van der Waals surface area (Å²) in [5, 5.41) is 8.49. The molecule has 0 spiro atoms. The summed E-state index contributed by atoms with van der Waals surface area (Å²) >= 11 is 0. The Morgan fingerprint density at radius 1 is 1.11 bits per heavy atom. The number of ketones is 1. The Morgan fingerprint density at radius 3 is 2.68 bits per heavy atom. The molecule has 1 atom stereocenters. The first-order chi connectivity index (χ1) is 13.7. The van der Waals surface area contributed by atoms with Crippen LogP contribution >= 0.6 is 0 Å². The number of carbonyl (C=O) groups excluding carboxylic acids is 2. The zero-order valence-electron chi connectivity index (χ0n) is 16.5. The van der Waals surface area contributed by atoms with Gasteiger partial charge in [0.2, 0.25) is 5.91 Å². The number of fused-ring (bicyclic) bond motifs is 1. The van der Waals surface area contributed by atoms with Crippen molar-refractivity contribution in [3.63, 3.8) is 0 Å². The van der Waals surface area contributed by atoms with Crippen LogP contribution in [0.4, 0.5) is 5.69 Å². The van der Waals surface area contributed by atoms with Crippen LogP contribution in [0.1, 0.15) is 45.4 Å². The van der Waals surface area contributed by atoms with Crippen molar-refractivity contribution in [1.82, 2.24) is 10.2 Å². The van der Waals surface area contributed by atoms with Crippen molar-refractivity contribution >= 4 is 28.2 Å². The molecule has 2 aromatic carbocycles. The van der Waals surface area contributed by atoms with Crippen molar-refractivity contribution in [2.45, 2.75) is 51.5 Å². The van der Waals surface area contributed by atoms with Crippen LogP contribution in [0.5, 0.6) is 0 Å². The van der Waals surface area contributed by atoms with E-state index in [2.05, 4.69) is 16.7 Å². The maximum absolute atomic E-state index is 13.0. The predicted molar refractivity (Wildman–Crippen MR) is 114 cm³/mol. The first-order valence-electron chi connectivity index (χ1n) is 10.1. The fourth-order valence-corrected chi connectivity index (χ4v) is 3.53. The van der Waals surface area contributed by atoms with E-state index in [1.54, 1.807) is 0 Å². The number of nitrogens with one attached hydrogen (secondary N) is 2. The number of amides is 1. The Balaban J connectivity index is 1.59. The van der Waals surface area contributed by atoms with Gasteiger partial charge in [-0.05, 0) is 35.7 Å². The van der Waals surface area contributed by atoms with Gasteiger partial charge in [0.1, 0.15) is 11.8 Å². The van der Waals surface area contributed by atoms with E-state index in [-0.39, 0.29) is 11.9 Å². The molecule has 0 aliphatic carbocycles. The van der Waals surface area contributed by atoms with E-state index in [4.69, 9.17) is 0 Å². The molecule has 28 heavy (non-hydrogen) atoms. The summed E-state index contributed by atoms with van der Waals surface area (Å²) in [6.07, 6.45) is 8.64. The van der Waals surface area contributed by atoms with Crippen molar-refractivity contribution < 1.29 is 9.59 Å². The van der Waals surface area contributed by atoms with Crippen LogP contribution in [0.2, 0.25) is 0 Å². The molecule has 0 unspecified atom stereocenters. The van der Waals surface area contributed by atoms with Gasteiger partial charge < -0.3 is 15.5 Å². The van der Waals surface area contributed by atoms with Crippen molar-refractivity contribution in [3.05, 3.63) is 54.9 Å². The molecule has 0 radical (unpaired) electrons. The quantitative estimate of drug-likeness (QED) is 0.600. The standard InChI is InChI=1S/C23H29N3O2/c1-2-21(27)10-4-3-5-11-22(26-15-14-24-17-26)23(28)25-20-13-12-18-8-6-7-9-19(18)16-20/h6-9,12-16,22,24H,2-5,10-11,17H2,1H3,(H,25,28)/t22-/m0/s1. The highest BCUT2D eigenvalue weighted by Gasteiger charge is 2.25. The maximum Gasteiger partial charge on any atom is 0.247 e. The summed E-state index contributed by atoms with van der Waals surface area (Å²) < 4.78 is 0. The first kappa shape index (κ1) is 19.9. The molecule has 2 N–H and O–H groups in total. The van der Waals surface area contributed by atoms with Crippen LogP contribution in [-0.2, 0) is 9.59 Å². The van der Waals surface area contributed by atoms with Crippen LogP contribution in [0.3, 0.4) is 0 Å². The molecular formula is C23H29N3O2. The molecular weight excluding hydrogens is 350 g/mol. The molecule has 0 bridgehead atoms. The second-order valence-corrected chi connectivity index (χ2v) is 7.25. The predicted octanol–water partition coefficient (Wildman–Crippen LogP) is 4.41. The van der Waals surface area contributed by atoms with E-state index < -0.39 is 0 Å². The van der Waals surface area contributed by atoms with E-state index >= 15 is 0 Å². The second-order valence-electron chi connectivity index (χ2n) is 7.25. The highest BCUT2D eigenvalue weighted by atomic mass is 16.2. The van der Waals surface area contributed by atoms with Crippen LogP contribution in [0, 0.1) is 0 Å². The lowest BCUT2D eigenvalue weighted by Gasteiger charge is -2.26. The third kappa shape index (κ3) is 5.35. The normalized spacial score (nSPS) is 14.1. The van der Waals surface area contributed by atoms with Gasteiger partial charge in [0.25, 0.3) is 0 Å². The lowest BCUT2D eigenvalue weighted by molar-refractivity contribution is -0.121. The highest BCUT2D eigenvalue weighted by Crippen LogP contribution is 2.21. The average molecular weight is 380 g/mol. The molecule has 5 nitrogen and oxygen atoms in total. The summed E-state index contributed by atoms with van der Waals surface area (Å²) in [5.74, 6) is 0.325. The van der Waals surface area contributed by atoms with Crippen molar-refractivity contribution in [1.29, 1.82) is 0 Å². The third-order valence-electron chi connectivity index (χ3n) is 5.21. The first-order valence-corrected chi connectivity index (χ1v) is 10.1. The molecule has 148 valence electrons. The number of hydrogen-bond donors (Lipinski definition) is 2. The average Bonchev–Trinajstić information content (AvgIpc) is 3.24. The fourth-order valence-electron chi connectivity index (χ4n) is 3.53. The van der Waals surface area contributed by atoms with Gasteiger partial charge in [-0.1, -0.05) is 50.1 Å².